The van der Waals surface area contributed by atoms with Gasteiger partial charge in [0.2, 0.25) is 0 Å². The number of fused-ring (bicyclic) bond motifs is 1. The molecule has 4 nitrogen and oxygen atoms in total. The van der Waals surface area contributed by atoms with Gasteiger partial charge in [-0.1, -0.05) is 39.0 Å². The largest absolute Gasteiger partial charge is 0.478 e. The SMILES string of the molecule is CCC(CC)(CC)NCc1oc2ccccc2c1C(=O)O. The van der Waals surface area contributed by atoms with Crippen LogP contribution in [0.3, 0.4) is 0 Å². The van der Waals surface area contributed by atoms with Crippen molar-refractivity contribution in [2.45, 2.75) is 52.1 Å². The van der Waals surface area contributed by atoms with E-state index in [0.717, 1.165) is 19.3 Å². The standard InChI is InChI=1S/C17H23NO3/c1-4-17(5-2,6-3)18-11-14-15(16(19)20)12-9-7-8-10-13(12)21-14/h7-10,18H,4-6,11H2,1-3H3,(H,19,20). The molecule has 0 radical (unpaired) electrons. The minimum atomic E-state index is -0.938. The molecule has 1 aromatic heterocycles. The molecule has 0 saturated heterocycles. The highest BCUT2D eigenvalue weighted by Crippen LogP contribution is 2.27. The normalized spacial score (nSPS) is 12.0. The Hall–Kier alpha value is -1.81. The molecular weight excluding hydrogens is 266 g/mol. The molecule has 2 aromatic rings. The Morgan fingerprint density at radius 2 is 1.81 bits per heavy atom. The molecule has 0 aliphatic heterocycles. The van der Waals surface area contributed by atoms with Crippen LogP contribution in [0.15, 0.2) is 28.7 Å². The van der Waals surface area contributed by atoms with Crippen molar-refractivity contribution in [3.05, 3.63) is 35.6 Å². The minimum Gasteiger partial charge on any atom is -0.478 e. The second kappa shape index (κ2) is 6.31. The van der Waals surface area contributed by atoms with Crippen molar-refractivity contribution in [3.63, 3.8) is 0 Å². The van der Waals surface area contributed by atoms with Crippen LogP contribution < -0.4 is 5.32 Å². The number of furan rings is 1. The van der Waals surface area contributed by atoms with E-state index in [9.17, 15) is 9.90 Å². The van der Waals surface area contributed by atoms with Crippen molar-refractivity contribution in [2.75, 3.05) is 0 Å². The summed E-state index contributed by atoms with van der Waals surface area (Å²) in [7, 11) is 0. The van der Waals surface area contributed by atoms with Crippen LogP contribution in [0.25, 0.3) is 11.0 Å². The minimum absolute atomic E-state index is 0.0365. The first kappa shape index (κ1) is 15.6. The monoisotopic (exact) mass is 289 g/mol. The van der Waals surface area contributed by atoms with Crippen molar-refractivity contribution in [2.24, 2.45) is 0 Å². The topological polar surface area (TPSA) is 62.5 Å². The lowest BCUT2D eigenvalue weighted by molar-refractivity contribution is 0.0695. The summed E-state index contributed by atoms with van der Waals surface area (Å²) in [5, 5.41) is 13.6. The molecule has 21 heavy (non-hydrogen) atoms. The summed E-state index contributed by atoms with van der Waals surface area (Å²) in [4.78, 5) is 11.5. The number of carbonyl (C=O) groups is 1. The van der Waals surface area contributed by atoms with E-state index in [1.165, 1.54) is 0 Å². The summed E-state index contributed by atoms with van der Waals surface area (Å²) in [5.74, 6) is -0.435. The lowest BCUT2D eigenvalue weighted by Gasteiger charge is -2.31. The first-order valence-corrected chi connectivity index (χ1v) is 7.55. The third kappa shape index (κ3) is 2.95. The number of hydrogen-bond donors (Lipinski definition) is 2. The number of para-hydroxylation sites is 1. The number of carboxylic acid groups (broad SMARTS) is 1. The van der Waals surface area contributed by atoms with E-state index in [0.29, 0.717) is 23.3 Å². The maximum Gasteiger partial charge on any atom is 0.339 e. The summed E-state index contributed by atoms with van der Waals surface area (Å²) >= 11 is 0. The van der Waals surface area contributed by atoms with Gasteiger partial charge in [-0.2, -0.15) is 0 Å². The summed E-state index contributed by atoms with van der Waals surface area (Å²) in [5.41, 5.74) is 0.937. The van der Waals surface area contributed by atoms with E-state index in [1.807, 2.05) is 12.1 Å². The summed E-state index contributed by atoms with van der Waals surface area (Å²) in [6.45, 7) is 6.88. The molecule has 4 heteroatoms. The van der Waals surface area contributed by atoms with Crippen molar-refractivity contribution in [1.82, 2.24) is 5.32 Å². The molecule has 114 valence electrons. The third-order valence-corrected chi connectivity index (χ3v) is 4.54. The van der Waals surface area contributed by atoms with Gasteiger partial charge in [0.1, 0.15) is 16.9 Å². The van der Waals surface area contributed by atoms with Crippen LogP contribution in [-0.4, -0.2) is 16.6 Å². The number of hydrogen-bond acceptors (Lipinski definition) is 3. The number of rotatable bonds is 7. The van der Waals surface area contributed by atoms with E-state index < -0.39 is 5.97 Å². The van der Waals surface area contributed by atoms with Crippen LogP contribution in [-0.2, 0) is 6.54 Å². The highest BCUT2D eigenvalue weighted by Gasteiger charge is 2.26. The first-order chi connectivity index (χ1) is 10.1. The van der Waals surface area contributed by atoms with Crippen LogP contribution >= 0.6 is 0 Å². The van der Waals surface area contributed by atoms with Crippen molar-refractivity contribution in [1.29, 1.82) is 0 Å². The Morgan fingerprint density at radius 3 is 2.38 bits per heavy atom. The molecule has 1 heterocycles. The molecule has 0 atom stereocenters. The maximum absolute atomic E-state index is 11.5. The zero-order valence-corrected chi connectivity index (χ0v) is 12.9. The summed E-state index contributed by atoms with van der Waals surface area (Å²) in [6, 6.07) is 7.27. The van der Waals surface area contributed by atoms with Crippen LogP contribution in [0, 0.1) is 0 Å². The maximum atomic E-state index is 11.5. The van der Waals surface area contributed by atoms with E-state index in [-0.39, 0.29) is 11.1 Å². The van der Waals surface area contributed by atoms with Crippen LogP contribution in [0.5, 0.6) is 0 Å². The van der Waals surface area contributed by atoms with Gasteiger partial charge in [0.05, 0.1) is 6.54 Å². The van der Waals surface area contributed by atoms with Gasteiger partial charge in [-0.3, -0.25) is 0 Å². The Balaban J connectivity index is 2.34. The van der Waals surface area contributed by atoms with Crippen LogP contribution in [0.2, 0.25) is 0 Å². The smallest absolute Gasteiger partial charge is 0.339 e. The molecular formula is C17H23NO3. The van der Waals surface area contributed by atoms with Gasteiger partial charge in [0.15, 0.2) is 0 Å². The average molecular weight is 289 g/mol. The fourth-order valence-corrected chi connectivity index (χ4v) is 2.85. The molecule has 0 spiro atoms. The average Bonchev–Trinajstić information content (AvgIpc) is 2.87. The van der Waals surface area contributed by atoms with Crippen molar-refractivity contribution >= 4 is 16.9 Å². The zero-order chi connectivity index (χ0) is 15.5. The Bertz CT molecular complexity index is 618. The second-order valence-corrected chi connectivity index (χ2v) is 5.40. The fraction of sp³-hybridized carbons (Fsp3) is 0.471. The highest BCUT2D eigenvalue weighted by molar-refractivity contribution is 6.03. The van der Waals surface area contributed by atoms with Gasteiger partial charge >= 0.3 is 5.97 Å². The lowest BCUT2D eigenvalue weighted by Crippen LogP contribution is -2.43. The summed E-state index contributed by atoms with van der Waals surface area (Å²) in [6.07, 6.45) is 3.01. The molecule has 0 aliphatic carbocycles. The Morgan fingerprint density at radius 1 is 1.19 bits per heavy atom. The number of benzene rings is 1. The van der Waals surface area contributed by atoms with E-state index in [4.69, 9.17) is 4.42 Å². The Kier molecular flexibility index (Phi) is 4.68. The predicted octanol–water partition coefficient (Wildman–Crippen LogP) is 4.19. The molecule has 2 rings (SSSR count). The number of nitrogens with one attached hydrogen (secondary N) is 1. The third-order valence-electron chi connectivity index (χ3n) is 4.54. The van der Waals surface area contributed by atoms with E-state index in [1.54, 1.807) is 12.1 Å². The summed E-state index contributed by atoms with van der Waals surface area (Å²) < 4.78 is 5.75. The molecule has 2 N–H and O–H groups in total. The Labute approximate surface area is 125 Å². The molecule has 1 aromatic carbocycles. The second-order valence-electron chi connectivity index (χ2n) is 5.40. The molecule has 0 saturated carbocycles. The van der Waals surface area contributed by atoms with Gasteiger partial charge in [-0.25, -0.2) is 4.79 Å². The van der Waals surface area contributed by atoms with Crippen LogP contribution in [0.4, 0.5) is 0 Å². The highest BCUT2D eigenvalue weighted by atomic mass is 16.4. The first-order valence-electron chi connectivity index (χ1n) is 7.55. The van der Waals surface area contributed by atoms with E-state index >= 15 is 0 Å². The molecule has 0 fully saturated rings. The molecule has 0 aliphatic rings. The molecule has 0 bridgehead atoms. The van der Waals surface area contributed by atoms with Gasteiger partial charge < -0.3 is 14.8 Å². The zero-order valence-electron chi connectivity index (χ0n) is 12.9. The van der Waals surface area contributed by atoms with Gasteiger partial charge in [-0.15, -0.1) is 0 Å². The van der Waals surface area contributed by atoms with Crippen molar-refractivity contribution in [3.8, 4) is 0 Å². The quantitative estimate of drug-likeness (QED) is 0.802. The van der Waals surface area contributed by atoms with Gasteiger partial charge in [-0.05, 0) is 25.3 Å². The van der Waals surface area contributed by atoms with Crippen LogP contribution in [0.1, 0.15) is 56.2 Å². The van der Waals surface area contributed by atoms with Crippen molar-refractivity contribution < 1.29 is 14.3 Å². The van der Waals surface area contributed by atoms with Gasteiger partial charge in [0, 0.05) is 10.9 Å². The molecule has 0 unspecified atom stereocenters. The van der Waals surface area contributed by atoms with Gasteiger partial charge in [0.25, 0.3) is 0 Å². The fourth-order valence-electron chi connectivity index (χ4n) is 2.85. The molecule has 0 amide bonds. The number of aromatic carboxylic acids is 1. The lowest BCUT2D eigenvalue weighted by atomic mass is 9.89. The number of carboxylic acids is 1. The van der Waals surface area contributed by atoms with E-state index in [2.05, 4.69) is 26.1 Å². The predicted molar refractivity (Wildman–Crippen MR) is 83.6 cm³/mol.